The third kappa shape index (κ3) is 5.62. The molecule has 0 atom stereocenters. The maximum absolute atomic E-state index is 13.0. The van der Waals surface area contributed by atoms with Gasteiger partial charge >= 0.3 is 0 Å². The molecule has 0 saturated carbocycles. The van der Waals surface area contributed by atoms with Gasteiger partial charge in [-0.3, -0.25) is 4.79 Å². The number of hydrogen-bond acceptors (Lipinski definition) is 4. The van der Waals surface area contributed by atoms with Gasteiger partial charge in [0.15, 0.2) is 0 Å². The highest BCUT2D eigenvalue weighted by molar-refractivity contribution is 7.99. The van der Waals surface area contributed by atoms with E-state index in [9.17, 15) is 13.2 Å². The topological polar surface area (TPSA) is 57.7 Å². The number of sulfonamides is 1. The molecule has 29 heavy (non-hydrogen) atoms. The smallest absolute Gasteiger partial charge is 0.243 e. The predicted octanol–water partition coefficient (Wildman–Crippen LogP) is 3.71. The minimum absolute atomic E-state index is 0.113. The third-order valence-corrected chi connectivity index (χ3v) is 8.24. The fourth-order valence-electron chi connectivity index (χ4n) is 3.49. The Balaban J connectivity index is 1.47. The Morgan fingerprint density at radius 3 is 2.34 bits per heavy atom. The van der Waals surface area contributed by atoms with Crippen molar-refractivity contribution in [3.8, 4) is 0 Å². The summed E-state index contributed by atoms with van der Waals surface area (Å²) < 4.78 is 27.4. The Bertz CT molecular complexity index is 938. The molecule has 0 N–H and O–H groups in total. The summed E-state index contributed by atoms with van der Waals surface area (Å²) >= 11 is 1.75. The van der Waals surface area contributed by atoms with Crippen LogP contribution in [0.1, 0.15) is 24.0 Å². The van der Waals surface area contributed by atoms with Crippen molar-refractivity contribution in [2.45, 2.75) is 36.5 Å². The van der Waals surface area contributed by atoms with E-state index >= 15 is 0 Å². The lowest BCUT2D eigenvalue weighted by molar-refractivity contribution is -0.132. The van der Waals surface area contributed by atoms with Crippen molar-refractivity contribution in [2.75, 3.05) is 31.9 Å². The molecule has 0 radical (unpaired) electrons. The number of benzene rings is 2. The van der Waals surface area contributed by atoms with Gasteiger partial charge in [-0.05, 0) is 49.8 Å². The number of rotatable bonds is 7. The summed E-state index contributed by atoms with van der Waals surface area (Å²) in [6.45, 7) is 5.38. The number of carbonyl (C=O) groups excluding carboxylic acids is 1. The van der Waals surface area contributed by atoms with Crippen molar-refractivity contribution >= 4 is 27.7 Å². The van der Waals surface area contributed by atoms with Gasteiger partial charge in [0.1, 0.15) is 0 Å². The summed E-state index contributed by atoms with van der Waals surface area (Å²) in [5, 5.41) is 0. The summed E-state index contributed by atoms with van der Waals surface area (Å²) in [5.41, 5.74) is 1.81. The quantitative estimate of drug-likeness (QED) is 0.494. The molecule has 2 aromatic rings. The molecular weight excluding hydrogens is 404 g/mol. The lowest BCUT2D eigenvalue weighted by Gasteiger charge is -2.34. The van der Waals surface area contributed by atoms with Crippen molar-refractivity contribution in [1.82, 2.24) is 9.21 Å². The first-order valence-electron chi connectivity index (χ1n) is 9.91. The summed E-state index contributed by atoms with van der Waals surface area (Å²) in [4.78, 5) is 15.8. The first-order valence-corrected chi connectivity index (χ1v) is 12.3. The molecule has 0 aromatic heterocycles. The van der Waals surface area contributed by atoms with E-state index in [0.29, 0.717) is 37.5 Å². The summed E-state index contributed by atoms with van der Waals surface area (Å²) in [5.74, 6) is 1.01. The van der Waals surface area contributed by atoms with Gasteiger partial charge in [0, 0.05) is 37.5 Å². The minimum Gasteiger partial charge on any atom is -0.340 e. The average molecular weight is 433 g/mol. The zero-order chi connectivity index (χ0) is 20.9. The Labute approximate surface area is 178 Å². The van der Waals surface area contributed by atoms with Crippen LogP contribution in [0.4, 0.5) is 0 Å². The molecule has 0 bridgehead atoms. The molecule has 7 heteroatoms. The predicted molar refractivity (Wildman–Crippen MR) is 118 cm³/mol. The SMILES string of the molecule is Cc1ccc(S(=O)(=O)N2CCN(C(=O)CCCSc3ccccc3)CC2)c(C)c1. The molecule has 0 aliphatic carbocycles. The van der Waals surface area contributed by atoms with Crippen LogP contribution in [0.3, 0.4) is 0 Å². The number of thioether (sulfide) groups is 1. The van der Waals surface area contributed by atoms with Crippen LogP contribution in [0.25, 0.3) is 0 Å². The second kappa shape index (κ2) is 9.78. The minimum atomic E-state index is -3.52. The van der Waals surface area contributed by atoms with Crippen LogP contribution >= 0.6 is 11.8 Å². The maximum atomic E-state index is 13.0. The van der Waals surface area contributed by atoms with Crippen LogP contribution in [0.2, 0.25) is 0 Å². The van der Waals surface area contributed by atoms with Gasteiger partial charge in [-0.2, -0.15) is 4.31 Å². The van der Waals surface area contributed by atoms with Gasteiger partial charge in [0.05, 0.1) is 4.90 Å². The molecule has 1 fully saturated rings. The Kier molecular flexibility index (Phi) is 7.38. The zero-order valence-corrected chi connectivity index (χ0v) is 18.6. The lowest BCUT2D eigenvalue weighted by atomic mass is 10.2. The van der Waals surface area contributed by atoms with Crippen LogP contribution in [0.5, 0.6) is 0 Å². The van der Waals surface area contributed by atoms with Crippen LogP contribution < -0.4 is 0 Å². The van der Waals surface area contributed by atoms with Crippen LogP contribution in [-0.2, 0) is 14.8 Å². The molecule has 1 aliphatic heterocycles. The number of nitrogens with zero attached hydrogens (tertiary/aromatic N) is 2. The van der Waals surface area contributed by atoms with Gasteiger partial charge in [-0.25, -0.2) is 8.42 Å². The van der Waals surface area contributed by atoms with E-state index in [1.54, 1.807) is 22.7 Å². The second-order valence-electron chi connectivity index (χ2n) is 7.32. The summed E-state index contributed by atoms with van der Waals surface area (Å²) in [7, 11) is -3.52. The first-order chi connectivity index (χ1) is 13.9. The molecule has 1 heterocycles. The summed E-state index contributed by atoms with van der Waals surface area (Å²) in [6, 6.07) is 15.6. The normalized spacial score (nSPS) is 15.4. The maximum Gasteiger partial charge on any atom is 0.243 e. The van der Waals surface area contributed by atoms with Gasteiger partial charge < -0.3 is 4.90 Å². The van der Waals surface area contributed by atoms with Crippen LogP contribution in [0, 0.1) is 13.8 Å². The highest BCUT2D eigenvalue weighted by Crippen LogP contribution is 2.23. The molecule has 0 unspecified atom stereocenters. The molecule has 1 amide bonds. The monoisotopic (exact) mass is 432 g/mol. The fraction of sp³-hybridized carbons (Fsp3) is 0.409. The van der Waals surface area contributed by atoms with E-state index < -0.39 is 10.0 Å². The van der Waals surface area contributed by atoms with Crippen molar-refractivity contribution in [1.29, 1.82) is 0 Å². The standard InChI is InChI=1S/C22H28N2O3S2/c1-18-10-11-21(19(2)17-18)29(26,27)24-14-12-23(13-15-24)22(25)9-6-16-28-20-7-4-3-5-8-20/h3-5,7-8,10-11,17H,6,9,12-16H2,1-2H3. The molecule has 156 valence electrons. The zero-order valence-electron chi connectivity index (χ0n) is 17.0. The Morgan fingerprint density at radius 2 is 1.69 bits per heavy atom. The van der Waals surface area contributed by atoms with E-state index in [4.69, 9.17) is 0 Å². The Hall–Kier alpha value is -1.83. The van der Waals surface area contributed by atoms with Crippen molar-refractivity contribution in [2.24, 2.45) is 0 Å². The van der Waals surface area contributed by atoms with Crippen molar-refractivity contribution < 1.29 is 13.2 Å². The highest BCUT2D eigenvalue weighted by Gasteiger charge is 2.30. The van der Waals surface area contributed by atoms with E-state index in [2.05, 4.69) is 12.1 Å². The third-order valence-electron chi connectivity index (χ3n) is 5.09. The molecule has 1 saturated heterocycles. The molecule has 5 nitrogen and oxygen atoms in total. The first kappa shape index (κ1) is 21.9. The molecule has 2 aromatic carbocycles. The molecule has 3 rings (SSSR count). The molecular formula is C22H28N2O3S2. The van der Waals surface area contributed by atoms with Crippen LogP contribution in [-0.4, -0.2) is 55.5 Å². The van der Waals surface area contributed by atoms with E-state index in [1.807, 2.05) is 44.2 Å². The van der Waals surface area contributed by atoms with Gasteiger partial charge in [-0.15, -0.1) is 11.8 Å². The Morgan fingerprint density at radius 1 is 1.00 bits per heavy atom. The van der Waals surface area contributed by atoms with Gasteiger partial charge in [-0.1, -0.05) is 35.9 Å². The number of piperazine rings is 1. The lowest BCUT2D eigenvalue weighted by Crippen LogP contribution is -2.50. The van der Waals surface area contributed by atoms with Gasteiger partial charge in [0.25, 0.3) is 0 Å². The number of hydrogen-bond donors (Lipinski definition) is 0. The number of carbonyl (C=O) groups is 1. The second-order valence-corrected chi connectivity index (χ2v) is 10.4. The van der Waals surface area contributed by atoms with E-state index in [0.717, 1.165) is 23.3 Å². The average Bonchev–Trinajstić information content (AvgIpc) is 2.71. The summed E-state index contributed by atoms with van der Waals surface area (Å²) in [6.07, 6.45) is 1.32. The van der Waals surface area contributed by atoms with Crippen LogP contribution in [0.15, 0.2) is 58.3 Å². The highest BCUT2D eigenvalue weighted by atomic mass is 32.2. The van der Waals surface area contributed by atoms with E-state index in [1.165, 1.54) is 9.20 Å². The number of amides is 1. The van der Waals surface area contributed by atoms with Gasteiger partial charge in [0.2, 0.25) is 15.9 Å². The molecule has 1 aliphatic rings. The number of aryl methyl sites for hydroxylation is 2. The fourth-order valence-corrected chi connectivity index (χ4v) is 6.00. The van der Waals surface area contributed by atoms with E-state index in [-0.39, 0.29) is 5.91 Å². The van der Waals surface area contributed by atoms with Crippen molar-refractivity contribution in [3.05, 3.63) is 59.7 Å². The van der Waals surface area contributed by atoms with Crippen molar-refractivity contribution in [3.63, 3.8) is 0 Å². The largest absolute Gasteiger partial charge is 0.340 e. The molecule has 0 spiro atoms.